The van der Waals surface area contributed by atoms with E-state index in [0.29, 0.717) is 40.7 Å². The third-order valence-corrected chi connectivity index (χ3v) is 12.0. The summed E-state index contributed by atoms with van der Waals surface area (Å²) >= 11 is 14.0. The molecular formula is C31H31Cl2F2N3O8S2. The fourth-order valence-corrected chi connectivity index (χ4v) is 9.07. The average Bonchev–Trinajstić information content (AvgIpc) is 3.63. The molecule has 1 saturated carbocycles. The number of benzene rings is 2. The maximum Gasteiger partial charge on any atom is 0.387 e. The highest BCUT2D eigenvalue weighted by atomic mass is 35.5. The van der Waals surface area contributed by atoms with Gasteiger partial charge in [0.25, 0.3) is 0 Å². The van der Waals surface area contributed by atoms with Crippen LogP contribution in [0.25, 0.3) is 0 Å². The van der Waals surface area contributed by atoms with Gasteiger partial charge in [-0.2, -0.15) is 13.1 Å². The van der Waals surface area contributed by atoms with Gasteiger partial charge in [-0.05, 0) is 60.2 Å². The molecule has 0 unspecified atom stereocenters. The molecule has 2 N–H and O–H groups in total. The van der Waals surface area contributed by atoms with Crippen molar-refractivity contribution in [2.45, 2.75) is 48.7 Å². The molecule has 2 aliphatic heterocycles. The van der Waals surface area contributed by atoms with Crippen LogP contribution in [0.4, 0.5) is 14.5 Å². The number of carbonyl (C=O) groups is 2. The molecule has 2 atom stereocenters. The minimum Gasteiger partial charge on any atom is -0.870 e. The van der Waals surface area contributed by atoms with Gasteiger partial charge < -0.3 is 24.6 Å². The van der Waals surface area contributed by atoms with Crippen LogP contribution in [0.3, 0.4) is 0 Å². The van der Waals surface area contributed by atoms with E-state index < -0.39 is 34.1 Å². The third kappa shape index (κ3) is 7.66. The monoisotopic (exact) mass is 745 g/mol. The van der Waals surface area contributed by atoms with Crippen molar-refractivity contribution in [3.8, 4) is 11.5 Å². The predicted molar refractivity (Wildman–Crippen MR) is 172 cm³/mol. The number of ether oxygens (including phenoxy) is 3. The van der Waals surface area contributed by atoms with Gasteiger partial charge in [0.15, 0.2) is 29.3 Å². The number of amides is 1. The van der Waals surface area contributed by atoms with Gasteiger partial charge >= 0.3 is 12.6 Å². The summed E-state index contributed by atoms with van der Waals surface area (Å²) in [6.45, 7) is -2.73. The number of fused-ring (bicyclic) bond motifs is 1. The number of nitrogens with one attached hydrogen (secondary N) is 1. The second-order valence-corrected chi connectivity index (χ2v) is 15.3. The second-order valence-electron chi connectivity index (χ2n) is 11.4. The average molecular weight is 747 g/mol. The summed E-state index contributed by atoms with van der Waals surface area (Å²) in [5.41, 5.74) is 2.03. The molecule has 3 aromatic rings. The van der Waals surface area contributed by atoms with E-state index in [9.17, 15) is 26.8 Å². The molecular weight excluding hydrogens is 715 g/mol. The van der Waals surface area contributed by atoms with Gasteiger partial charge in [-0.15, -0.1) is 11.8 Å². The number of alkyl halides is 2. The molecule has 17 heteroatoms. The lowest BCUT2D eigenvalue weighted by Crippen LogP contribution is -2.40. The summed E-state index contributed by atoms with van der Waals surface area (Å²) in [6, 6.07) is 8.70. The Morgan fingerprint density at radius 3 is 2.52 bits per heavy atom. The standard InChI is InChI=1S/C31H29Cl2F2N3O7S2.H2O/c1-37-24-6-5-20(10-19(24)12-28(37)39)47(41,42)38-8-9-46-29(38)30(40)44-26(13-21-22(32)14-36-15-23(21)33)18-4-7-25(45-31(34)35)27(11-18)43-16-17-2-3-17;/h4-7,10-11,14-15,17,26,29,31H,2-3,8-9,12-13,16H2,1H3;1H2/t26-,29-;/m0./s1. The number of hydrogen-bond donors (Lipinski definition) is 0. The molecule has 1 amide bonds. The van der Waals surface area contributed by atoms with Gasteiger partial charge in [0.1, 0.15) is 16.1 Å². The SMILES string of the molecule is CN1C(=O)Cc2cc(S(=O)(=O)N3CCS[C@H]3C(=O)O[C@@H](Cc3c(Cl)c[nH+]cc3Cl)c3ccc(OC(F)F)c(OCC4CC4)c3)ccc21.[OH-]. The van der Waals surface area contributed by atoms with Crippen molar-refractivity contribution in [1.29, 1.82) is 0 Å². The first-order valence-corrected chi connectivity index (χ1v) is 18.0. The molecule has 3 aliphatic rings. The van der Waals surface area contributed by atoms with Gasteiger partial charge in [-0.25, -0.2) is 18.2 Å². The highest BCUT2D eigenvalue weighted by Gasteiger charge is 2.43. The number of likely N-dealkylation sites (N-methyl/N-ethyl adjacent to an activating group) is 1. The van der Waals surface area contributed by atoms with Crippen molar-refractivity contribution in [2.75, 3.05) is 30.9 Å². The van der Waals surface area contributed by atoms with E-state index in [1.165, 1.54) is 47.6 Å². The molecule has 6 rings (SSSR count). The van der Waals surface area contributed by atoms with E-state index >= 15 is 0 Å². The third-order valence-electron chi connectivity index (χ3n) is 8.16. The highest BCUT2D eigenvalue weighted by Crippen LogP contribution is 2.40. The van der Waals surface area contributed by atoms with Crippen LogP contribution in [-0.4, -0.2) is 68.0 Å². The lowest BCUT2D eigenvalue weighted by atomic mass is 10.0. The molecule has 48 heavy (non-hydrogen) atoms. The number of carbonyl (C=O) groups excluding carboxylic acids is 2. The Kier molecular flexibility index (Phi) is 11.1. The van der Waals surface area contributed by atoms with Crippen LogP contribution in [0.1, 0.15) is 35.6 Å². The van der Waals surface area contributed by atoms with Crippen LogP contribution in [0.5, 0.6) is 11.5 Å². The topological polar surface area (TPSA) is 147 Å². The number of halogens is 4. The summed E-state index contributed by atoms with van der Waals surface area (Å²) in [5.74, 6) is -0.462. The van der Waals surface area contributed by atoms with Crippen LogP contribution in [-0.2, 0) is 37.2 Å². The molecule has 3 heterocycles. The Morgan fingerprint density at radius 2 is 1.83 bits per heavy atom. The second kappa shape index (κ2) is 14.7. The zero-order valence-corrected chi connectivity index (χ0v) is 28.6. The van der Waals surface area contributed by atoms with Gasteiger partial charge in [0.2, 0.25) is 15.9 Å². The molecule has 0 spiro atoms. The number of nitrogens with zero attached hydrogens (tertiary/aromatic N) is 2. The van der Waals surface area contributed by atoms with Crippen LogP contribution in [0.15, 0.2) is 53.7 Å². The van der Waals surface area contributed by atoms with Gasteiger partial charge in [-0.1, -0.05) is 29.3 Å². The van der Waals surface area contributed by atoms with Crippen molar-refractivity contribution in [1.82, 2.24) is 4.31 Å². The first-order valence-electron chi connectivity index (χ1n) is 14.7. The molecule has 258 valence electrons. The maximum absolute atomic E-state index is 13.8. The Hall–Kier alpha value is -3.21. The van der Waals surface area contributed by atoms with Crippen molar-refractivity contribution >= 4 is 62.6 Å². The molecule has 2 fully saturated rings. The molecule has 1 aliphatic carbocycles. The summed E-state index contributed by atoms with van der Waals surface area (Å²) in [7, 11) is -2.55. The Balaban J connectivity index is 0.00000451. The molecule has 1 saturated heterocycles. The fourth-order valence-electron chi connectivity index (χ4n) is 5.43. The number of rotatable bonds is 12. The van der Waals surface area contributed by atoms with Crippen LogP contribution >= 0.6 is 35.0 Å². The van der Waals surface area contributed by atoms with E-state index in [1.807, 2.05) is 0 Å². The van der Waals surface area contributed by atoms with Crippen LogP contribution < -0.4 is 19.4 Å². The number of pyridine rings is 1. The summed E-state index contributed by atoms with van der Waals surface area (Å²) < 4.78 is 71.7. The largest absolute Gasteiger partial charge is 0.870 e. The van der Waals surface area contributed by atoms with Gasteiger partial charge in [0, 0.05) is 37.0 Å². The smallest absolute Gasteiger partial charge is 0.387 e. The number of H-pyrrole nitrogens is 1. The number of esters is 1. The summed E-state index contributed by atoms with van der Waals surface area (Å²) in [4.78, 5) is 30.3. The number of thioether (sulfide) groups is 1. The van der Waals surface area contributed by atoms with Gasteiger partial charge in [-0.3, -0.25) is 4.79 Å². The maximum atomic E-state index is 13.8. The highest BCUT2D eigenvalue weighted by molar-refractivity contribution is 8.02. The van der Waals surface area contributed by atoms with E-state index in [1.54, 1.807) is 13.1 Å². The van der Waals surface area contributed by atoms with Crippen LogP contribution in [0.2, 0.25) is 10.0 Å². The van der Waals surface area contributed by atoms with Crippen molar-refractivity contribution in [3.63, 3.8) is 0 Å². The molecule has 11 nitrogen and oxygen atoms in total. The summed E-state index contributed by atoms with van der Waals surface area (Å²) in [5, 5.41) is -0.690. The van der Waals surface area contributed by atoms with Gasteiger partial charge in [0.05, 0.1) is 17.9 Å². The van der Waals surface area contributed by atoms with E-state index in [4.69, 9.17) is 32.7 Å². The molecule has 0 radical (unpaired) electrons. The van der Waals surface area contributed by atoms with E-state index in [2.05, 4.69) is 9.72 Å². The number of aromatic amines is 1. The normalized spacial score (nSPS) is 18.4. The van der Waals surface area contributed by atoms with E-state index in [0.717, 1.165) is 28.9 Å². The van der Waals surface area contributed by atoms with Crippen molar-refractivity contribution < 1.29 is 51.5 Å². The first kappa shape index (κ1) is 36.1. The van der Waals surface area contributed by atoms with Crippen LogP contribution in [0, 0.1) is 5.92 Å². The molecule has 1 aromatic heterocycles. The quantitative estimate of drug-likeness (QED) is 0.230. The zero-order chi connectivity index (χ0) is 33.5. The number of aromatic nitrogens is 1. The number of anilines is 1. The summed E-state index contributed by atoms with van der Waals surface area (Å²) in [6.07, 6.45) is 3.93. The lowest BCUT2D eigenvalue weighted by molar-refractivity contribution is -0.377. The lowest BCUT2D eigenvalue weighted by Gasteiger charge is -2.26. The minimum absolute atomic E-state index is 0. The Morgan fingerprint density at radius 1 is 1.10 bits per heavy atom. The zero-order valence-electron chi connectivity index (χ0n) is 25.4. The van der Waals surface area contributed by atoms with Crippen molar-refractivity contribution in [3.05, 3.63) is 75.5 Å². The first-order chi connectivity index (χ1) is 22.4. The predicted octanol–water partition coefficient (Wildman–Crippen LogP) is 5.13. The number of sulfonamides is 1. The number of hydrogen-bond acceptors (Lipinski definition) is 9. The van der Waals surface area contributed by atoms with E-state index in [-0.39, 0.29) is 57.2 Å². The Labute approximate surface area is 289 Å². The molecule has 2 aromatic carbocycles. The Bertz CT molecular complexity index is 1800. The fraction of sp³-hybridized carbons (Fsp3) is 0.387. The molecule has 0 bridgehead atoms. The minimum atomic E-state index is -4.17. The van der Waals surface area contributed by atoms with Crippen molar-refractivity contribution in [2.24, 2.45) is 5.92 Å².